The Morgan fingerprint density at radius 1 is 1.26 bits per heavy atom. The smallest absolute Gasteiger partial charge is 0.143 e. The molecule has 0 amide bonds. The summed E-state index contributed by atoms with van der Waals surface area (Å²) in [6.07, 6.45) is -0.792. The molecule has 4 nitrogen and oxygen atoms in total. The standard InChI is InChI=1S/C18H26FNO3/c1-2-6-14(22)11-15-17(19)18(23)16(12-21)20(15)10-9-13-7-4-3-5-8-13/h3-5,7-8,15-18,21,23H,2,6,9-12H2,1H3/t15-,16-,17-,18-/m1/s1. The van der Waals surface area contributed by atoms with Gasteiger partial charge < -0.3 is 10.2 Å². The van der Waals surface area contributed by atoms with Gasteiger partial charge in [-0.15, -0.1) is 0 Å². The van der Waals surface area contributed by atoms with Gasteiger partial charge >= 0.3 is 0 Å². The summed E-state index contributed by atoms with van der Waals surface area (Å²) in [5.41, 5.74) is 1.11. The van der Waals surface area contributed by atoms with Crippen molar-refractivity contribution in [3.63, 3.8) is 0 Å². The van der Waals surface area contributed by atoms with Crippen molar-refractivity contribution in [1.82, 2.24) is 4.90 Å². The van der Waals surface area contributed by atoms with Gasteiger partial charge in [-0.2, -0.15) is 0 Å². The SMILES string of the molecule is CCCC(=O)C[C@@H]1[C@@H](F)[C@H](O)[C@@H](CO)N1CCc1ccccc1. The second-order valence-corrected chi connectivity index (χ2v) is 6.22. The number of aliphatic hydroxyl groups excluding tert-OH is 2. The van der Waals surface area contributed by atoms with Crippen LogP contribution in [0.4, 0.5) is 4.39 Å². The Labute approximate surface area is 136 Å². The summed E-state index contributed by atoms with van der Waals surface area (Å²) in [7, 11) is 0. The third-order valence-electron chi connectivity index (χ3n) is 4.59. The number of alkyl halides is 1. The van der Waals surface area contributed by atoms with Gasteiger partial charge in [-0.1, -0.05) is 37.3 Å². The van der Waals surface area contributed by atoms with Crippen LogP contribution in [0, 0.1) is 0 Å². The average Bonchev–Trinajstić information content (AvgIpc) is 2.78. The molecule has 1 aromatic carbocycles. The first-order valence-corrected chi connectivity index (χ1v) is 8.32. The second-order valence-electron chi connectivity index (χ2n) is 6.22. The van der Waals surface area contributed by atoms with Crippen molar-refractivity contribution >= 4 is 5.78 Å². The van der Waals surface area contributed by atoms with E-state index in [2.05, 4.69) is 0 Å². The van der Waals surface area contributed by atoms with Gasteiger partial charge in [0.25, 0.3) is 0 Å². The maximum Gasteiger partial charge on any atom is 0.143 e. The topological polar surface area (TPSA) is 60.8 Å². The zero-order chi connectivity index (χ0) is 16.8. The molecule has 1 heterocycles. The number of ketones is 1. The van der Waals surface area contributed by atoms with E-state index in [1.54, 1.807) is 4.90 Å². The van der Waals surface area contributed by atoms with Gasteiger partial charge in [0.15, 0.2) is 0 Å². The van der Waals surface area contributed by atoms with Crippen LogP contribution in [0.15, 0.2) is 30.3 Å². The Kier molecular flexibility index (Phi) is 6.69. The fourth-order valence-corrected chi connectivity index (χ4v) is 3.36. The van der Waals surface area contributed by atoms with Crippen LogP contribution in [0.25, 0.3) is 0 Å². The molecule has 1 saturated heterocycles. The number of Topliss-reactive ketones (excluding diaryl/α,β-unsaturated/α-hetero) is 1. The molecule has 0 spiro atoms. The maximum absolute atomic E-state index is 14.4. The molecule has 1 fully saturated rings. The van der Waals surface area contributed by atoms with Crippen LogP contribution in [-0.4, -0.2) is 58.4 Å². The molecule has 4 atom stereocenters. The quantitative estimate of drug-likeness (QED) is 0.765. The maximum atomic E-state index is 14.4. The van der Waals surface area contributed by atoms with E-state index in [9.17, 15) is 19.4 Å². The molecule has 2 rings (SSSR count). The highest BCUT2D eigenvalue weighted by atomic mass is 19.1. The van der Waals surface area contributed by atoms with Crippen molar-refractivity contribution in [2.24, 2.45) is 0 Å². The number of carbonyl (C=O) groups excluding carboxylic acids is 1. The van der Waals surface area contributed by atoms with E-state index in [4.69, 9.17) is 0 Å². The molecule has 128 valence electrons. The second kappa shape index (κ2) is 8.52. The fourth-order valence-electron chi connectivity index (χ4n) is 3.36. The van der Waals surface area contributed by atoms with Crippen LogP contribution in [0.5, 0.6) is 0 Å². The summed E-state index contributed by atoms with van der Waals surface area (Å²) in [6.45, 7) is 2.11. The van der Waals surface area contributed by atoms with Gasteiger partial charge in [0, 0.05) is 19.4 Å². The normalized spacial score (nSPS) is 28.2. The first kappa shape index (κ1) is 18.0. The van der Waals surface area contributed by atoms with E-state index >= 15 is 0 Å². The number of rotatable bonds is 8. The van der Waals surface area contributed by atoms with E-state index in [1.165, 1.54) is 0 Å². The lowest BCUT2D eigenvalue weighted by Gasteiger charge is -2.29. The lowest BCUT2D eigenvalue weighted by atomic mass is 10.0. The summed E-state index contributed by atoms with van der Waals surface area (Å²) in [5, 5.41) is 19.6. The Balaban J connectivity index is 2.07. The molecule has 0 saturated carbocycles. The molecule has 0 radical (unpaired) electrons. The number of hydrogen-bond acceptors (Lipinski definition) is 4. The summed E-state index contributed by atoms with van der Waals surface area (Å²) < 4.78 is 14.4. The molecule has 1 aromatic rings. The van der Waals surface area contributed by atoms with Crippen molar-refractivity contribution in [3.8, 4) is 0 Å². The largest absolute Gasteiger partial charge is 0.395 e. The zero-order valence-corrected chi connectivity index (χ0v) is 13.6. The van der Waals surface area contributed by atoms with Crippen LogP contribution in [0.3, 0.4) is 0 Å². The number of hydrogen-bond donors (Lipinski definition) is 2. The van der Waals surface area contributed by atoms with Crippen LogP contribution in [0.1, 0.15) is 31.7 Å². The van der Waals surface area contributed by atoms with E-state index in [0.717, 1.165) is 12.0 Å². The molecule has 0 aromatic heterocycles. The zero-order valence-electron chi connectivity index (χ0n) is 13.6. The van der Waals surface area contributed by atoms with Crippen LogP contribution in [0.2, 0.25) is 0 Å². The highest BCUT2D eigenvalue weighted by Gasteiger charge is 2.48. The molecule has 1 aliphatic heterocycles. The lowest BCUT2D eigenvalue weighted by molar-refractivity contribution is -0.120. The highest BCUT2D eigenvalue weighted by Crippen LogP contribution is 2.30. The third kappa shape index (κ3) is 4.37. The van der Waals surface area contributed by atoms with Gasteiger partial charge in [0.1, 0.15) is 18.1 Å². The van der Waals surface area contributed by atoms with Gasteiger partial charge in [0.05, 0.1) is 18.7 Å². The molecule has 23 heavy (non-hydrogen) atoms. The molecule has 0 bridgehead atoms. The van der Waals surface area contributed by atoms with Gasteiger partial charge in [0.2, 0.25) is 0 Å². The molecule has 2 N–H and O–H groups in total. The van der Waals surface area contributed by atoms with E-state index in [1.807, 2.05) is 37.3 Å². The Bertz CT molecular complexity index is 496. The van der Waals surface area contributed by atoms with Gasteiger partial charge in [-0.3, -0.25) is 9.69 Å². The Hall–Kier alpha value is -1.30. The number of halogens is 1. The molecule has 1 aliphatic rings. The van der Waals surface area contributed by atoms with Crippen LogP contribution >= 0.6 is 0 Å². The molecule has 0 unspecified atom stereocenters. The molecule has 0 aliphatic carbocycles. The van der Waals surface area contributed by atoms with E-state index < -0.39 is 24.4 Å². The van der Waals surface area contributed by atoms with E-state index in [-0.39, 0.29) is 18.8 Å². The number of nitrogens with zero attached hydrogens (tertiary/aromatic N) is 1. The summed E-state index contributed by atoms with van der Waals surface area (Å²) in [6, 6.07) is 8.51. The van der Waals surface area contributed by atoms with Crippen molar-refractivity contribution in [1.29, 1.82) is 0 Å². The van der Waals surface area contributed by atoms with Crippen molar-refractivity contribution in [3.05, 3.63) is 35.9 Å². The van der Waals surface area contributed by atoms with Crippen molar-refractivity contribution in [2.75, 3.05) is 13.2 Å². The summed E-state index contributed by atoms with van der Waals surface area (Å²) in [5.74, 6) is 0.00986. The predicted molar refractivity (Wildman–Crippen MR) is 86.9 cm³/mol. The van der Waals surface area contributed by atoms with Crippen molar-refractivity contribution in [2.45, 2.75) is 57.0 Å². The number of likely N-dealkylation sites (tertiary alicyclic amines) is 1. The predicted octanol–water partition coefficient (Wildman–Crippen LogP) is 1.73. The van der Waals surface area contributed by atoms with Crippen molar-refractivity contribution < 1.29 is 19.4 Å². The average molecular weight is 323 g/mol. The molecule has 5 heteroatoms. The molecular formula is C18H26FNO3. The van der Waals surface area contributed by atoms with Crippen LogP contribution in [-0.2, 0) is 11.2 Å². The molecular weight excluding hydrogens is 297 g/mol. The minimum atomic E-state index is -1.50. The fraction of sp³-hybridized carbons (Fsp3) is 0.611. The van der Waals surface area contributed by atoms with Crippen LogP contribution < -0.4 is 0 Å². The minimum absolute atomic E-state index is 0.00986. The number of benzene rings is 1. The third-order valence-corrected chi connectivity index (χ3v) is 4.59. The van der Waals surface area contributed by atoms with Gasteiger partial charge in [-0.05, 0) is 18.4 Å². The first-order valence-electron chi connectivity index (χ1n) is 8.32. The lowest BCUT2D eigenvalue weighted by Crippen LogP contribution is -2.43. The highest BCUT2D eigenvalue weighted by molar-refractivity contribution is 5.79. The Morgan fingerprint density at radius 3 is 2.57 bits per heavy atom. The Morgan fingerprint density at radius 2 is 1.96 bits per heavy atom. The minimum Gasteiger partial charge on any atom is -0.395 e. The first-order chi connectivity index (χ1) is 11.1. The number of aliphatic hydroxyl groups is 2. The number of carbonyl (C=O) groups is 1. The summed E-state index contributed by atoms with van der Waals surface area (Å²) in [4.78, 5) is 13.7. The monoisotopic (exact) mass is 323 g/mol. The van der Waals surface area contributed by atoms with E-state index in [0.29, 0.717) is 19.4 Å². The van der Waals surface area contributed by atoms with Gasteiger partial charge in [-0.25, -0.2) is 4.39 Å². The summed E-state index contributed by atoms with van der Waals surface area (Å²) >= 11 is 0.